The van der Waals surface area contributed by atoms with Crippen LogP contribution in [0.2, 0.25) is 10.0 Å². The number of Topliss-reactive ketones (excluding diaryl/α,β-unsaturated/α-hetero) is 1. The first-order valence-electron chi connectivity index (χ1n) is 13.1. The minimum atomic E-state index is -0.728. The maximum absolute atomic E-state index is 12.3. The lowest BCUT2D eigenvalue weighted by Crippen LogP contribution is -2.54. The molecule has 1 aromatic carbocycles. The number of hydrogen-bond donors (Lipinski definition) is 1. The molecule has 0 saturated carbocycles. The molecule has 11 heteroatoms. The summed E-state index contributed by atoms with van der Waals surface area (Å²) in [5.74, 6) is 1.05. The molecule has 2 fully saturated rings. The third-order valence-corrected chi connectivity index (χ3v) is 8.37. The van der Waals surface area contributed by atoms with Gasteiger partial charge in [0.15, 0.2) is 17.1 Å². The number of carboxylic acid groups (broad SMARTS) is 1. The maximum atomic E-state index is 12.3. The molecule has 2 saturated heterocycles. The highest BCUT2D eigenvalue weighted by Crippen LogP contribution is 2.35. The van der Waals surface area contributed by atoms with Crippen molar-refractivity contribution in [3.63, 3.8) is 0 Å². The maximum Gasteiger partial charge on any atom is 0.303 e. The number of halogens is 2. The number of ketones is 1. The third kappa shape index (κ3) is 5.51. The van der Waals surface area contributed by atoms with Crippen molar-refractivity contribution < 1.29 is 14.7 Å². The van der Waals surface area contributed by atoms with Crippen LogP contribution in [0.5, 0.6) is 0 Å². The van der Waals surface area contributed by atoms with E-state index >= 15 is 0 Å². The average molecular weight is 559 g/mol. The molecule has 0 aliphatic carbocycles. The molecule has 202 valence electrons. The molecular formula is C27H32Cl2N6O3. The van der Waals surface area contributed by atoms with Crippen molar-refractivity contribution in [3.8, 4) is 0 Å². The van der Waals surface area contributed by atoms with Crippen LogP contribution in [0.25, 0.3) is 11.2 Å². The fourth-order valence-corrected chi connectivity index (χ4v) is 6.23. The van der Waals surface area contributed by atoms with Gasteiger partial charge in [-0.25, -0.2) is 14.6 Å². The fourth-order valence-electron chi connectivity index (χ4n) is 5.66. The second-order valence-electron chi connectivity index (χ2n) is 10.5. The fraction of sp³-hybridized carbons (Fsp3) is 0.519. The van der Waals surface area contributed by atoms with E-state index in [1.807, 2.05) is 13.0 Å². The Morgan fingerprint density at radius 1 is 1.18 bits per heavy atom. The van der Waals surface area contributed by atoms with Crippen molar-refractivity contribution in [1.82, 2.24) is 24.6 Å². The van der Waals surface area contributed by atoms with Gasteiger partial charge < -0.3 is 14.9 Å². The second kappa shape index (κ2) is 11.2. The molecule has 0 bridgehead atoms. The number of piperidine rings is 1. The first kappa shape index (κ1) is 26.8. The predicted molar refractivity (Wildman–Crippen MR) is 147 cm³/mol. The summed E-state index contributed by atoms with van der Waals surface area (Å²) in [6.07, 6.45) is 5.01. The number of aromatic nitrogens is 4. The summed E-state index contributed by atoms with van der Waals surface area (Å²) in [6.45, 7) is 8.17. The van der Waals surface area contributed by atoms with Crippen molar-refractivity contribution in [2.24, 2.45) is 11.8 Å². The molecule has 3 aromatic rings. The third-order valence-electron chi connectivity index (χ3n) is 7.81. The van der Waals surface area contributed by atoms with E-state index in [4.69, 9.17) is 33.3 Å². The minimum Gasteiger partial charge on any atom is -0.481 e. The highest BCUT2D eigenvalue weighted by Gasteiger charge is 2.37. The zero-order valence-corrected chi connectivity index (χ0v) is 23.1. The van der Waals surface area contributed by atoms with Crippen LogP contribution in [-0.2, 0) is 4.79 Å². The Labute approximate surface area is 231 Å². The monoisotopic (exact) mass is 558 g/mol. The lowest BCUT2D eigenvalue weighted by molar-refractivity contribution is -0.137. The van der Waals surface area contributed by atoms with Crippen molar-refractivity contribution in [3.05, 3.63) is 45.7 Å². The van der Waals surface area contributed by atoms with Gasteiger partial charge in [-0.3, -0.25) is 9.59 Å². The highest BCUT2D eigenvalue weighted by atomic mass is 35.5. The Kier molecular flexibility index (Phi) is 7.88. The molecule has 2 aromatic heterocycles. The van der Waals surface area contributed by atoms with E-state index in [1.54, 1.807) is 23.0 Å². The number of rotatable bonds is 9. The lowest BCUT2D eigenvalue weighted by Gasteiger charge is -2.47. The SMILES string of the molecule is CC(=O)c1nn(C(C)c2ccc(Cl)cc2Cl)c2nc(N3CC(C4CCCN(CCCC(=O)O)C4)C3)cnc12. The molecular weight excluding hydrogens is 527 g/mol. The molecule has 38 heavy (non-hydrogen) atoms. The molecule has 2 atom stereocenters. The van der Waals surface area contributed by atoms with E-state index in [0.717, 1.165) is 50.5 Å². The van der Waals surface area contributed by atoms with Crippen LogP contribution in [0.3, 0.4) is 0 Å². The van der Waals surface area contributed by atoms with Gasteiger partial charge in [-0.1, -0.05) is 29.3 Å². The van der Waals surface area contributed by atoms with Crippen LogP contribution < -0.4 is 4.90 Å². The van der Waals surface area contributed by atoms with Crippen LogP contribution in [-0.4, -0.2) is 74.2 Å². The second-order valence-corrected chi connectivity index (χ2v) is 11.3. The summed E-state index contributed by atoms with van der Waals surface area (Å²) in [5, 5.41) is 14.6. The number of aliphatic carboxylic acids is 1. The van der Waals surface area contributed by atoms with Gasteiger partial charge in [0.1, 0.15) is 11.3 Å². The van der Waals surface area contributed by atoms with E-state index in [-0.39, 0.29) is 18.2 Å². The number of nitrogens with zero attached hydrogens (tertiary/aromatic N) is 6. The quantitative estimate of drug-likeness (QED) is 0.367. The molecule has 1 N–H and O–H groups in total. The van der Waals surface area contributed by atoms with E-state index in [9.17, 15) is 9.59 Å². The van der Waals surface area contributed by atoms with E-state index in [2.05, 4.69) is 19.9 Å². The van der Waals surface area contributed by atoms with E-state index < -0.39 is 5.97 Å². The number of likely N-dealkylation sites (tertiary alicyclic amines) is 1. The summed E-state index contributed by atoms with van der Waals surface area (Å²) >= 11 is 12.6. The summed E-state index contributed by atoms with van der Waals surface area (Å²) in [7, 11) is 0. The number of carbonyl (C=O) groups is 2. The van der Waals surface area contributed by atoms with Crippen molar-refractivity contribution in [1.29, 1.82) is 0 Å². The molecule has 4 heterocycles. The topological polar surface area (TPSA) is 104 Å². The van der Waals surface area contributed by atoms with Crippen LogP contribution >= 0.6 is 23.2 Å². The summed E-state index contributed by atoms with van der Waals surface area (Å²) in [5.41, 5.74) is 2.16. The number of carboxylic acids is 1. The van der Waals surface area contributed by atoms with Gasteiger partial charge in [-0.05, 0) is 68.8 Å². The molecule has 2 aliphatic heterocycles. The van der Waals surface area contributed by atoms with E-state index in [0.29, 0.717) is 45.2 Å². The molecule has 2 unspecified atom stereocenters. The van der Waals surface area contributed by atoms with E-state index in [1.165, 1.54) is 13.3 Å². The van der Waals surface area contributed by atoms with Gasteiger partial charge in [0.25, 0.3) is 0 Å². The Morgan fingerprint density at radius 3 is 2.68 bits per heavy atom. The molecule has 5 rings (SSSR count). The number of benzene rings is 1. The minimum absolute atomic E-state index is 0.167. The van der Waals surface area contributed by atoms with Crippen molar-refractivity contribution in [2.45, 2.75) is 45.6 Å². The zero-order chi connectivity index (χ0) is 27.0. The largest absolute Gasteiger partial charge is 0.481 e. The van der Waals surface area contributed by atoms with Crippen LogP contribution in [0.15, 0.2) is 24.4 Å². The van der Waals surface area contributed by atoms with Crippen molar-refractivity contribution in [2.75, 3.05) is 37.6 Å². The molecule has 2 aliphatic rings. The highest BCUT2D eigenvalue weighted by molar-refractivity contribution is 6.35. The van der Waals surface area contributed by atoms with Gasteiger partial charge in [0.2, 0.25) is 0 Å². The Hall–Kier alpha value is -2.75. The molecule has 0 amide bonds. The standard InChI is InChI=1S/C27H32Cl2N6O3/c1-16(21-8-7-20(28)11-22(21)29)35-27-26(25(32-35)17(2)36)30-12-23(31-27)34-14-19(15-34)18-5-3-9-33(13-18)10-4-6-24(37)38/h7-8,11-12,16,18-19H,3-6,9-10,13-15H2,1-2H3,(H,37,38). The smallest absolute Gasteiger partial charge is 0.303 e. The Balaban J connectivity index is 1.32. The van der Waals surface area contributed by atoms with Crippen LogP contribution in [0.4, 0.5) is 5.82 Å². The Bertz CT molecular complexity index is 1360. The number of carbonyl (C=O) groups excluding carboxylic acids is 1. The average Bonchev–Trinajstić information content (AvgIpc) is 3.22. The first-order chi connectivity index (χ1) is 18.2. The van der Waals surface area contributed by atoms with Crippen LogP contribution in [0.1, 0.15) is 61.6 Å². The van der Waals surface area contributed by atoms with Gasteiger partial charge in [0, 0.05) is 43.0 Å². The van der Waals surface area contributed by atoms with Crippen LogP contribution in [0, 0.1) is 11.8 Å². The first-order valence-corrected chi connectivity index (χ1v) is 13.9. The number of anilines is 1. The number of hydrogen-bond acceptors (Lipinski definition) is 7. The molecule has 0 radical (unpaired) electrons. The lowest BCUT2D eigenvalue weighted by atomic mass is 9.80. The van der Waals surface area contributed by atoms with Gasteiger partial charge >= 0.3 is 5.97 Å². The summed E-state index contributed by atoms with van der Waals surface area (Å²) in [6, 6.07) is 5.07. The van der Waals surface area contributed by atoms with Crippen molar-refractivity contribution >= 4 is 51.9 Å². The molecule has 9 nitrogen and oxygen atoms in total. The van der Waals surface area contributed by atoms with Gasteiger partial charge in [-0.2, -0.15) is 5.10 Å². The zero-order valence-electron chi connectivity index (χ0n) is 21.6. The van der Waals surface area contributed by atoms with Gasteiger partial charge in [-0.15, -0.1) is 0 Å². The van der Waals surface area contributed by atoms with Gasteiger partial charge in [0.05, 0.1) is 12.2 Å². The summed E-state index contributed by atoms with van der Waals surface area (Å²) in [4.78, 5) is 37.4. The normalized spacial score (nSPS) is 19.5. The molecule has 0 spiro atoms. The predicted octanol–water partition coefficient (Wildman–Crippen LogP) is 4.96. The number of fused-ring (bicyclic) bond motifs is 1. The Morgan fingerprint density at radius 2 is 1.97 bits per heavy atom. The summed E-state index contributed by atoms with van der Waals surface area (Å²) < 4.78 is 1.73.